The molecule has 0 spiro atoms. The van der Waals surface area contributed by atoms with E-state index < -0.39 is 0 Å². The van der Waals surface area contributed by atoms with E-state index in [9.17, 15) is 4.79 Å². The molecule has 1 amide bonds. The first kappa shape index (κ1) is 12.4. The van der Waals surface area contributed by atoms with Crippen molar-refractivity contribution >= 4 is 16.8 Å². The van der Waals surface area contributed by atoms with E-state index >= 15 is 0 Å². The first-order chi connectivity index (χ1) is 9.78. The molecule has 1 aromatic heterocycles. The number of benzene rings is 2. The van der Waals surface area contributed by atoms with Crippen molar-refractivity contribution in [1.82, 2.24) is 15.1 Å². The molecule has 4 heteroatoms. The predicted octanol–water partition coefficient (Wildman–Crippen LogP) is 2.44. The molecule has 100 valence electrons. The van der Waals surface area contributed by atoms with Crippen molar-refractivity contribution in [2.45, 2.75) is 6.54 Å². The van der Waals surface area contributed by atoms with E-state index in [0.29, 0.717) is 12.1 Å². The topological polar surface area (TPSA) is 46.9 Å². The molecule has 0 atom stereocenters. The normalized spacial score (nSPS) is 10.7. The molecule has 20 heavy (non-hydrogen) atoms. The van der Waals surface area contributed by atoms with Crippen LogP contribution in [0.1, 0.15) is 15.9 Å². The van der Waals surface area contributed by atoms with Crippen molar-refractivity contribution in [3.8, 4) is 0 Å². The van der Waals surface area contributed by atoms with E-state index in [1.807, 2.05) is 59.4 Å². The number of nitrogens with zero attached hydrogens (tertiary/aromatic N) is 2. The Morgan fingerprint density at radius 3 is 2.90 bits per heavy atom. The van der Waals surface area contributed by atoms with Gasteiger partial charge in [0.2, 0.25) is 0 Å². The first-order valence-electron chi connectivity index (χ1n) is 6.49. The summed E-state index contributed by atoms with van der Waals surface area (Å²) < 4.78 is 1.94. The van der Waals surface area contributed by atoms with Gasteiger partial charge in [0.1, 0.15) is 0 Å². The monoisotopic (exact) mass is 265 g/mol. The fourth-order valence-corrected chi connectivity index (χ4v) is 2.28. The minimum Gasteiger partial charge on any atom is -0.355 e. The Hall–Kier alpha value is -2.62. The van der Waals surface area contributed by atoms with Gasteiger partial charge in [0.15, 0.2) is 0 Å². The number of hydrogen-bond donors (Lipinski definition) is 1. The molecule has 2 aromatic carbocycles. The Balaban J connectivity index is 1.93. The number of aromatic nitrogens is 2. The summed E-state index contributed by atoms with van der Waals surface area (Å²) in [4.78, 5) is 11.6. The van der Waals surface area contributed by atoms with Crippen LogP contribution in [0, 0.1) is 0 Å². The molecule has 0 bridgehead atoms. The summed E-state index contributed by atoms with van der Waals surface area (Å²) in [7, 11) is 1.63. The van der Waals surface area contributed by atoms with Crippen LogP contribution < -0.4 is 5.32 Å². The van der Waals surface area contributed by atoms with Crippen molar-refractivity contribution < 1.29 is 4.79 Å². The maximum atomic E-state index is 11.6. The smallest absolute Gasteiger partial charge is 0.251 e. The fourth-order valence-electron chi connectivity index (χ4n) is 2.28. The van der Waals surface area contributed by atoms with Crippen molar-refractivity contribution in [2.75, 3.05) is 7.05 Å². The number of fused-ring (bicyclic) bond motifs is 1. The molecule has 3 aromatic rings. The summed E-state index contributed by atoms with van der Waals surface area (Å²) in [6, 6.07) is 15.7. The van der Waals surface area contributed by atoms with Crippen LogP contribution in [-0.4, -0.2) is 22.7 Å². The first-order valence-corrected chi connectivity index (χ1v) is 6.49. The highest BCUT2D eigenvalue weighted by atomic mass is 16.1. The quantitative estimate of drug-likeness (QED) is 0.790. The van der Waals surface area contributed by atoms with Crippen LogP contribution >= 0.6 is 0 Å². The molecule has 0 unspecified atom stereocenters. The Labute approximate surface area is 117 Å². The van der Waals surface area contributed by atoms with Crippen LogP contribution in [0.15, 0.2) is 54.7 Å². The van der Waals surface area contributed by atoms with E-state index in [-0.39, 0.29) is 5.91 Å². The van der Waals surface area contributed by atoms with Gasteiger partial charge in [0, 0.05) is 18.0 Å². The van der Waals surface area contributed by atoms with Gasteiger partial charge in [-0.3, -0.25) is 9.48 Å². The van der Waals surface area contributed by atoms with Crippen molar-refractivity contribution in [2.24, 2.45) is 0 Å². The third kappa shape index (κ3) is 2.28. The number of hydrogen-bond acceptors (Lipinski definition) is 2. The lowest BCUT2D eigenvalue weighted by Gasteiger charge is -2.06. The van der Waals surface area contributed by atoms with E-state index in [4.69, 9.17) is 0 Å². The molecule has 0 fully saturated rings. The molecule has 0 saturated heterocycles. The van der Waals surface area contributed by atoms with Gasteiger partial charge in [-0.15, -0.1) is 0 Å². The average molecular weight is 265 g/mol. The van der Waals surface area contributed by atoms with Gasteiger partial charge in [0.25, 0.3) is 5.91 Å². The van der Waals surface area contributed by atoms with E-state index in [2.05, 4.69) is 10.4 Å². The second-order valence-corrected chi connectivity index (χ2v) is 4.64. The largest absolute Gasteiger partial charge is 0.355 e. The molecule has 0 radical (unpaired) electrons. The van der Waals surface area contributed by atoms with Crippen molar-refractivity contribution in [3.05, 3.63) is 65.9 Å². The number of carbonyl (C=O) groups excluding carboxylic acids is 1. The van der Waals surface area contributed by atoms with E-state index in [0.717, 1.165) is 16.5 Å². The van der Waals surface area contributed by atoms with Crippen LogP contribution in [0.5, 0.6) is 0 Å². The number of amides is 1. The van der Waals surface area contributed by atoms with Crippen LogP contribution in [0.3, 0.4) is 0 Å². The lowest BCUT2D eigenvalue weighted by Crippen LogP contribution is -2.18. The lowest BCUT2D eigenvalue weighted by atomic mass is 10.1. The molecule has 0 aliphatic carbocycles. The third-order valence-corrected chi connectivity index (χ3v) is 3.30. The predicted molar refractivity (Wildman–Crippen MR) is 78.7 cm³/mol. The highest BCUT2D eigenvalue weighted by molar-refractivity contribution is 5.94. The zero-order chi connectivity index (χ0) is 13.9. The van der Waals surface area contributed by atoms with Gasteiger partial charge in [-0.25, -0.2) is 0 Å². The van der Waals surface area contributed by atoms with E-state index in [1.54, 1.807) is 7.05 Å². The molecule has 1 heterocycles. The Kier molecular flexibility index (Phi) is 3.21. The van der Waals surface area contributed by atoms with E-state index in [1.165, 1.54) is 0 Å². The fraction of sp³-hybridized carbons (Fsp3) is 0.125. The van der Waals surface area contributed by atoms with Crippen LogP contribution in [0.25, 0.3) is 10.9 Å². The van der Waals surface area contributed by atoms with Crippen molar-refractivity contribution in [1.29, 1.82) is 0 Å². The molecule has 1 N–H and O–H groups in total. The number of para-hydroxylation sites is 1. The summed E-state index contributed by atoms with van der Waals surface area (Å²) in [5.74, 6) is -0.0721. The van der Waals surface area contributed by atoms with Gasteiger partial charge in [0.05, 0.1) is 18.3 Å². The zero-order valence-corrected chi connectivity index (χ0v) is 11.2. The lowest BCUT2D eigenvalue weighted by molar-refractivity contribution is 0.0963. The molecular weight excluding hydrogens is 250 g/mol. The summed E-state index contributed by atoms with van der Waals surface area (Å²) in [5, 5.41) is 8.16. The zero-order valence-electron chi connectivity index (χ0n) is 11.2. The van der Waals surface area contributed by atoms with Gasteiger partial charge < -0.3 is 5.32 Å². The second-order valence-electron chi connectivity index (χ2n) is 4.64. The van der Waals surface area contributed by atoms with Crippen LogP contribution in [-0.2, 0) is 6.54 Å². The molecular formula is C16H15N3O. The molecule has 0 aliphatic rings. The maximum Gasteiger partial charge on any atom is 0.251 e. The maximum absolute atomic E-state index is 11.6. The summed E-state index contributed by atoms with van der Waals surface area (Å²) >= 11 is 0. The highest BCUT2D eigenvalue weighted by Crippen LogP contribution is 2.15. The van der Waals surface area contributed by atoms with Gasteiger partial charge in [-0.05, 0) is 23.8 Å². The Bertz CT molecular complexity index is 761. The van der Waals surface area contributed by atoms with Gasteiger partial charge in [-0.2, -0.15) is 5.10 Å². The SMILES string of the molecule is CNC(=O)c1cccc(Cn2ncc3ccccc32)c1. The van der Waals surface area contributed by atoms with Crippen LogP contribution in [0.4, 0.5) is 0 Å². The molecule has 0 aliphatic heterocycles. The number of rotatable bonds is 3. The molecule has 4 nitrogen and oxygen atoms in total. The minimum atomic E-state index is -0.0721. The Morgan fingerprint density at radius 2 is 2.05 bits per heavy atom. The number of nitrogens with one attached hydrogen (secondary N) is 1. The van der Waals surface area contributed by atoms with Crippen molar-refractivity contribution in [3.63, 3.8) is 0 Å². The standard InChI is InChI=1S/C16H15N3O/c1-17-16(20)13-7-4-5-12(9-13)11-19-15-8-3-2-6-14(15)10-18-19/h2-10H,11H2,1H3,(H,17,20). The van der Waals surface area contributed by atoms with Gasteiger partial charge in [-0.1, -0.05) is 30.3 Å². The van der Waals surface area contributed by atoms with Crippen LogP contribution in [0.2, 0.25) is 0 Å². The molecule has 0 saturated carbocycles. The highest BCUT2D eigenvalue weighted by Gasteiger charge is 2.06. The van der Waals surface area contributed by atoms with Gasteiger partial charge >= 0.3 is 0 Å². The second kappa shape index (κ2) is 5.17. The average Bonchev–Trinajstić information content (AvgIpc) is 2.90. The summed E-state index contributed by atoms with van der Waals surface area (Å²) in [5.41, 5.74) is 2.82. The summed E-state index contributed by atoms with van der Waals surface area (Å²) in [6.07, 6.45) is 1.86. The summed E-state index contributed by atoms with van der Waals surface area (Å²) in [6.45, 7) is 0.651. The third-order valence-electron chi connectivity index (χ3n) is 3.30. The number of carbonyl (C=O) groups is 1. The molecule has 3 rings (SSSR count). The minimum absolute atomic E-state index is 0.0721. The Morgan fingerprint density at radius 1 is 1.20 bits per heavy atom.